The third-order valence-corrected chi connectivity index (χ3v) is 4.30. The highest BCUT2D eigenvalue weighted by Gasteiger charge is 2.50. The molecule has 1 fully saturated rings. The first kappa shape index (κ1) is 9.26. The number of fused-ring (bicyclic) bond motifs is 1. The minimum atomic E-state index is 0.0238. The number of ether oxygens (including phenoxy) is 1. The van der Waals surface area contributed by atoms with Gasteiger partial charge in [0.1, 0.15) is 0 Å². The Kier molecular flexibility index (Phi) is 1.85. The van der Waals surface area contributed by atoms with Crippen LogP contribution in [0.25, 0.3) is 0 Å². The van der Waals surface area contributed by atoms with Gasteiger partial charge in [0.15, 0.2) is 0 Å². The molecule has 0 radical (unpaired) electrons. The lowest BCUT2D eigenvalue weighted by atomic mass is 9.60. The van der Waals surface area contributed by atoms with E-state index in [0.29, 0.717) is 17.3 Å². The summed E-state index contributed by atoms with van der Waals surface area (Å²) >= 11 is 0. The van der Waals surface area contributed by atoms with Crippen LogP contribution >= 0.6 is 0 Å². The third kappa shape index (κ3) is 1.17. The van der Waals surface area contributed by atoms with Gasteiger partial charge in [-0.15, -0.1) is 0 Å². The summed E-state index contributed by atoms with van der Waals surface area (Å²) in [5, 5.41) is 0. The molecule has 0 aromatic heterocycles. The Morgan fingerprint density at radius 2 is 2.00 bits per heavy atom. The predicted octanol–water partition coefficient (Wildman–Crippen LogP) is 3.01. The summed E-state index contributed by atoms with van der Waals surface area (Å²) in [6.45, 7) is 10.2. The van der Waals surface area contributed by atoms with Gasteiger partial charge in [0.2, 0.25) is 0 Å². The zero-order chi connectivity index (χ0) is 9.69. The Bertz CT molecular complexity index is 242. The smallest absolute Gasteiger partial charge is 0.0868 e. The Morgan fingerprint density at radius 3 is 2.69 bits per heavy atom. The summed E-state index contributed by atoms with van der Waals surface area (Å²) < 4.78 is 5.84. The molecule has 0 N–H and O–H groups in total. The van der Waals surface area contributed by atoms with E-state index in [9.17, 15) is 0 Å². The number of hydrogen-bond acceptors (Lipinski definition) is 1. The second-order valence-corrected chi connectivity index (χ2v) is 5.34. The molecule has 1 aliphatic heterocycles. The van der Waals surface area contributed by atoms with Gasteiger partial charge in [-0.25, -0.2) is 0 Å². The summed E-state index contributed by atoms with van der Waals surface area (Å²) in [5.74, 6) is 1.37. The molecule has 1 saturated heterocycles. The first-order chi connectivity index (χ1) is 5.97. The van der Waals surface area contributed by atoms with Crippen LogP contribution in [-0.2, 0) is 4.74 Å². The Hall–Kier alpha value is -0.300. The minimum absolute atomic E-state index is 0.0238. The second-order valence-electron chi connectivity index (χ2n) is 5.34. The minimum Gasteiger partial charge on any atom is -0.371 e. The first-order valence-electron chi connectivity index (χ1n) is 5.30. The topological polar surface area (TPSA) is 9.23 Å². The molecule has 74 valence electrons. The van der Waals surface area contributed by atoms with Gasteiger partial charge in [0, 0.05) is 6.61 Å². The van der Waals surface area contributed by atoms with Gasteiger partial charge in [-0.05, 0) is 30.6 Å². The lowest BCUT2D eigenvalue weighted by Crippen LogP contribution is -2.45. The van der Waals surface area contributed by atoms with E-state index in [1.165, 1.54) is 6.42 Å². The molecule has 0 aromatic rings. The molecule has 1 aliphatic carbocycles. The van der Waals surface area contributed by atoms with Crippen LogP contribution in [0.5, 0.6) is 0 Å². The normalized spacial score (nSPS) is 47.7. The van der Waals surface area contributed by atoms with E-state index in [1.807, 2.05) is 0 Å². The molecule has 1 heterocycles. The van der Waals surface area contributed by atoms with Gasteiger partial charge in [0.25, 0.3) is 0 Å². The van der Waals surface area contributed by atoms with Crippen molar-refractivity contribution in [3.05, 3.63) is 12.2 Å². The van der Waals surface area contributed by atoms with Crippen LogP contribution in [0.4, 0.5) is 0 Å². The maximum absolute atomic E-state index is 5.84. The van der Waals surface area contributed by atoms with Gasteiger partial charge in [-0.1, -0.05) is 32.9 Å². The first-order valence-corrected chi connectivity index (χ1v) is 5.30. The van der Waals surface area contributed by atoms with E-state index in [-0.39, 0.29) is 5.60 Å². The quantitative estimate of drug-likeness (QED) is 0.521. The van der Waals surface area contributed by atoms with Crippen molar-refractivity contribution in [1.82, 2.24) is 0 Å². The fourth-order valence-electron chi connectivity index (χ4n) is 2.96. The molecule has 2 rings (SSSR count). The Morgan fingerprint density at radius 1 is 1.31 bits per heavy atom. The summed E-state index contributed by atoms with van der Waals surface area (Å²) in [6.07, 6.45) is 5.82. The van der Waals surface area contributed by atoms with E-state index in [0.717, 1.165) is 6.61 Å². The van der Waals surface area contributed by atoms with Crippen molar-refractivity contribution in [2.45, 2.75) is 39.7 Å². The van der Waals surface area contributed by atoms with Crippen molar-refractivity contribution < 1.29 is 4.74 Å². The van der Waals surface area contributed by atoms with Crippen LogP contribution < -0.4 is 0 Å². The maximum Gasteiger partial charge on any atom is 0.0868 e. The van der Waals surface area contributed by atoms with E-state index < -0.39 is 0 Å². The van der Waals surface area contributed by atoms with Crippen molar-refractivity contribution in [2.75, 3.05) is 6.61 Å². The van der Waals surface area contributed by atoms with Crippen molar-refractivity contribution in [3.8, 4) is 0 Å². The van der Waals surface area contributed by atoms with Crippen molar-refractivity contribution in [1.29, 1.82) is 0 Å². The molecule has 3 atom stereocenters. The molecule has 0 saturated carbocycles. The predicted molar refractivity (Wildman–Crippen MR) is 54.5 cm³/mol. The molecule has 1 heteroatoms. The monoisotopic (exact) mass is 180 g/mol. The largest absolute Gasteiger partial charge is 0.371 e. The molecule has 1 nitrogen and oxygen atoms in total. The van der Waals surface area contributed by atoms with Crippen LogP contribution in [-0.4, -0.2) is 12.2 Å². The van der Waals surface area contributed by atoms with Crippen molar-refractivity contribution in [2.24, 2.45) is 17.3 Å². The Balaban J connectivity index is 2.39. The average Bonchev–Trinajstić information content (AvgIpc) is 2.43. The van der Waals surface area contributed by atoms with Crippen LogP contribution in [0.1, 0.15) is 34.1 Å². The number of rotatable bonds is 0. The average molecular weight is 180 g/mol. The highest BCUT2D eigenvalue weighted by molar-refractivity contribution is 5.17. The maximum atomic E-state index is 5.84. The number of allylic oxidation sites excluding steroid dienone is 1. The van der Waals surface area contributed by atoms with Gasteiger partial charge < -0.3 is 4.74 Å². The van der Waals surface area contributed by atoms with Gasteiger partial charge in [0.05, 0.1) is 5.60 Å². The van der Waals surface area contributed by atoms with E-state index >= 15 is 0 Å². The summed E-state index contributed by atoms with van der Waals surface area (Å²) in [4.78, 5) is 0. The molecule has 3 unspecified atom stereocenters. The fourth-order valence-corrected chi connectivity index (χ4v) is 2.96. The Labute approximate surface area is 81.2 Å². The van der Waals surface area contributed by atoms with Gasteiger partial charge in [-0.3, -0.25) is 0 Å². The molecular weight excluding hydrogens is 160 g/mol. The van der Waals surface area contributed by atoms with Crippen molar-refractivity contribution in [3.63, 3.8) is 0 Å². The summed E-state index contributed by atoms with van der Waals surface area (Å²) in [6, 6.07) is 0. The van der Waals surface area contributed by atoms with Crippen LogP contribution in [0, 0.1) is 17.3 Å². The van der Waals surface area contributed by atoms with E-state index in [2.05, 4.69) is 39.8 Å². The van der Waals surface area contributed by atoms with Crippen molar-refractivity contribution >= 4 is 0 Å². The molecule has 2 aliphatic rings. The lowest BCUT2D eigenvalue weighted by Gasteiger charge is -2.46. The molecule has 0 aromatic carbocycles. The van der Waals surface area contributed by atoms with Crippen LogP contribution in [0.15, 0.2) is 12.2 Å². The van der Waals surface area contributed by atoms with Crippen LogP contribution in [0.2, 0.25) is 0 Å². The number of hydrogen-bond donors (Lipinski definition) is 0. The third-order valence-electron chi connectivity index (χ3n) is 4.30. The summed E-state index contributed by atoms with van der Waals surface area (Å²) in [5.41, 5.74) is 0.413. The molecule has 13 heavy (non-hydrogen) atoms. The SMILES string of the molecule is CC1C=CC2(C)OCCC2C1(C)C. The van der Waals surface area contributed by atoms with Gasteiger partial charge >= 0.3 is 0 Å². The zero-order valence-corrected chi connectivity index (χ0v) is 9.13. The molecule has 0 amide bonds. The van der Waals surface area contributed by atoms with Crippen LogP contribution in [0.3, 0.4) is 0 Å². The summed E-state index contributed by atoms with van der Waals surface area (Å²) in [7, 11) is 0. The lowest BCUT2D eigenvalue weighted by molar-refractivity contribution is -0.0193. The standard InChI is InChI=1S/C12H20O/c1-9-5-7-12(4)10(6-8-13-12)11(9,2)3/h5,7,9-10H,6,8H2,1-4H3. The van der Waals surface area contributed by atoms with Gasteiger partial charge in [-0.2, -0.15) is 0 Å². The highest BCUT2D eigenvalue weighted by atomic mass is 16.5. The van der Waals surface area contributed by atoms with E-state index in [4.69, 9.17) is 4.74 Å². The van der Waals surface area contributed by atoms with E-state index in [1.54, 1.807) is 0 Å². The molecule has 0 spiro atoms. The fraction of sp³-hybridized carbons (Fsp3) is 0.833. The molecule has 0 bridgehead atoms. The zero-order valence-electron chi connectivity index (χ0n) is 9.13. The highest BCUT2D eigenvalue weighted by Crippen LogP contribution is 2.51. The second kappa shape index (κ2) is 2.60. The molecular formula is C12H20O.